The first-order valence-electron chi connectivity index (χ1n) is 15.3. The molecule has 0 fully saturated rings. The Balaban J connectivity index is 1.79. The van der Waals surface area contributed by atoms with Crippen molar-refractivity contribution in [3.63, 3.8) is 0 Å². The van der Waals surface area contributed by atoms with Crippen LogP contribution in [0.2, 0.25) is 0 Å². The Kier molecular flexibility index (Phi) is 12.1. The molecule has 0 saturated carbocycles. The number of ether oxygens (including phenoxy) is 4. The van der Waals surface area contributed by atoms with Crippen LogP contribution < -0.4 is 0 Å². The molecule has 0 aliphatic rings. The number of benzene rings is 2. The summed E-state index contributed by atoms with van der Waals surface area (Å²) in [6.07, 6.45) is 0. The van der Waals surface area contributed by atoms with E-state index in [2.05, 4.69) is 0 Å². The van der Waals surface area contributed by atoms with Gasteiger partial charge in [0.1, 0.15) is 24.7 Å². The normalized spacial score (nSPS) is 12.7. The zero-order chi connectivity index (χ0) is 33.7. The minimum atomic E-state index is -0.472. The molecule has 246 valence electrons. The molecule has 2 aromatic rings. The summed E-state index contributed by atoms with van der Waals surface area (Å²) >= 11 is 0. The molecule has 0 saturated heterocycles. The quantitative estimate of drug-likeness (QED) is 0.200. The topological polar surface area (TPSA) is 112 Å². The fraction of sp³-hybridized carbons (Fsp3) is 0.611. The maximum Gasteiger partial charge on any atom is 0.338 e. The maximum absolute atomic E-state index is 12.8. The molecule has 0 unspecified atom stereocenters. The van der Waals surface area contributed by atoms with Crippen LogP contribution in [-0.4, -0.2) is 61.8 Å². The summed E-state index contributed by atoms with van der Waals surface area (Å²) in [5, 5.41) is 21.7. The molecule has 0 amide bonds. The fourth-order valence-electron chi connectivity index (χ4n) is 4.67. The van der Waals surface area contributed by atoms with Crippen LogP contribution >= 0.6 is 0 Å². The van der Waals surface area contributed by atoms with Crippen molar-refractivity contribution < 1.29 is 38.7 Å². The minimum absolute atomic E-state index is 0.0762. The number of phenolic OH excluding ortho intramolecular Hbond substituents is 2. The van der Waals surface area contributed by atoms with Crippen LogP contribution in [0.3, 0.4) is 0 Å². The van der Waals surface area contributed by atoms with E-state index in [9.17, 15) is 19.8 Å². The summed E-state index contributed by atoms with van der Waals surface area (Å²) in [5.41, 5.74) is 2.19. The highest BCUT2D eigenvalue weighted by molar-refractivity contribution is 5.91. The third-order valence-corrected chi connectivity index (χ3v) is 7.22. The van der Waals surface area contributed by atoms with Crippen molar-refractivity contribution in [3.05, 3.63) is 57.6 Å². The molecule has 0 aromatic heterocycles. The lowest BCUT2D eigenvalue weighted by Gasteiger charge is -2.28. The van der Waals surface area contributed by atoms with E-state index in [0.717, 1.165) is 0 Å². The van der Waals surface area contributed by atoms with Gasteiger partial charge in [0, 0.05) is 22.3 Å². The van der Waals surface area contributed by atoms with Gasteiger partial charge in [-0.2, -0.15) is 0 Å². The lowest BCUT2D eigenvalue weighted by molar-refractivity contribution is 0.00227. The number of rotatable bonds is 11. The summed E-state index contributed by atoms with van der Waals surface area (Å²) in [6.45, 7) is 25.0. The molecule has 0 radical (unpaired) electrons. The molecule has 8 heteroatoms. The second kappa shape index (κ2) is 14.3. The first kappa shape index (κ1) is 37.1. The minimum Gasteiger partial charge on any atom is -0.507 e. The molecular formula is C36H54O8. The van der Waals surface area contributed by atoms with Crippen LogP contribution in [0.25, 0.3) is 0 Å². The molecule has 44 heavy (non-hydrogen) atoms. The zero-order valence-electron chi connectivity index (χ0n) is 28.9. The highest BCUT2D eigenvalue weighted by atomic mass is 16.6. The monoisotopic (exact) mass is 614 g/mol. The molecule has 0 aliphatic carbocycles. The number of aromatic hydroxyl groups is 2. The largest absolute Gasteiger partial charge is 0.507 e. The number of hydrogen-bond donors (Lipinski definition) is 2. The van der Waals surface area contributed by atoms with Gasteiger partial charge in [0.2, 0.25) is 0 Å². The molecule has 0 atom stereocenters. The first-order valence-corrected chi connectivity index (χ1v) is 15.3. The summed E-state index contributed by atoms with van der Waals surface area (Å²) in [4.78, 5) is 25.6. The van der Waals surface area contributed by atoms with Gasteiger partial charge in [-0.15, -0.1) is 0 Å². The maximum atomic E-state index is 12.8. The molecular weight excluding hydrogens is 560 g/mol. The first-order chi connectivity index (χ1) is 20.0. The zero-order valence-corrected chi connectivity index (χ0v) is 28.9. The molecule has 0 heterocycles. The Labute approximate surface area is 264 Å². The van der Waals surface area contributed by atoms with Crippen LogP contribution in [0.4, 0.5) is 0 Å². The van der Waals surface area contributed by atoms with Gasteiger partial charge < -0.3 is 29.2 Å². The molecule has 2 N–H and O–H groups in total. The molecule has 8 nitrogen and oxygen atoms in total. The smallest absolute Gasteiger partial charge is 0.338 e. The lowest BCUT2D eigenvalue weighted by Crippen LogP contribution is -2.20. The van der Waals surface area contributed by atoms with Crippen molar-refractivity contribution in [2.75, 3.05) is 39.6 Å². The van der Waals surface area contributed by atoms with E-state index < -0.39 is 11.9 Å². The Morgan fingerprint density at radius 3 is 0.932 bits per heavy atom. The van der Waals surface area contributed by atoms with Crippen molar-refractivity contribution in [1.82, 2.24) is 0 Å². The number of phenols is 2. The number of esters is 2. The Bertz CT molecular complexity index is 1130. The van der Waals surface area contributed by atoms with E-state index in [4.69, 9.17) is 18.9 Å². The van der Waals surface area contributed by atoms with E-state index >= 15 is 0 Å². The molecule has 0 bridgehead atoms. The van der Waals surface area contributed by atoms with Gasteiger partial charge in [-0.25, -0.2) is 9.59 Å². The van der Waals surface area contributed by atoms with Gasteiger partial charge in [-0.05, 0) is 45.9 Å². The van der Waals surface area contributed by atoms with Crippen LogP contribution in [0.1, 0.15) is 126 Å². The van der Waals surface area contributed by atoms with Crippen LogP contribution in [-0.2, 0) is 40.6 Å². The summed E-state index contributed by atoms with van der Waals surface area (Å²) < 4.78 is 21.9. The third-order valence-electron chi connectivity index (χ3n) is 7.22. The van der Waals surface area contributed by atoms with Crippen LogP contribution in [0.15, 0.2) is 24.3 Å². The van der Waals surface area contributed by atoms with Crippen molar-refractivity contribution in [3.8, 4) is 11.5 Å². The van der Waals surface area contributed by atoms with E-state index in [0.29, 0.717) is 33.4 Å². The summed E-state index contributed by atoms with van der Waals surface area (Å²) in [6, 6.07) is 6.79. The van der Waals surface area contributed by atoms with Gasteiger partial charge in [-0.3, -0.25) is 0 Å². The summed E-state index contributed by atoms with van der Waals surface area (Å²) in [5.74, 6) is -0.519. The average Bonchev–Trinajstić information content (AvgIpc) is 2.86. The van der Waals surface area contributed by atoms with Crippen molar-refractivity contribution in [2.24, 2.45) is 0 Å². The standard InChI is InChI=1S/C36H54O8/c1-33(2,3)25-19-23(20-26(29(25)37)34(4,5)6)31(39)43-17-15-41-13-14-42-16-18-44-32(40)24-21-27(35(7,8)9)30(38)28(22-24)36(10,11)12/h19-22,37-38H,13-18H2,1-12H3. The van der Waals surface area contributed by atoms with Gasteiger partial charge in [-0.1, -0.05) is 83.1 Å². The Morgan fingerprint density at radius 1 is 0.477 bits per heavy atom. The second-order valence-corrected chi connectivity index (χ2v) is 15.3. The van der Waals surface area contributed by atoms with E-state index in [-0.39, 0.29) is 72.8 Å². The molecule has 2 aromatic carbocycles. The molecule has 0 spiro atoms. The van der Waals surface area contributed by atoms with Gasteiger partial charge in [0.15, 0.2) is 0 Å². The van der Waals surface area contributed by atoms with Gasteiger partial charge >= 0.3 is 11.9 Å². The average molecular weight is 615 g/mol. The van der Waals surface area contributed by atoms with E-state index in [1.165, 1.54) is 0 Å². The Morgan fingerprint density at radius 2 is 0.705 bits per heavy atom. The van der Waals surface area contributed by atoms with Crippen molar-refractivity contribution in [2.45, 2.75) is 105 Å². The molecule has 2 rings (SSSR count). The van der Waals surface area contributed by atoms with Crippen molar-refractivity contribution >= 4 is 11.9 Å². The second-order valence-electron chi connectivity index (χ2n) is 15.3. The number of hydrogen-bond acceptors (Lipinski definition) is 8. The summed E-state index contributed by atoms with van der Waals surface area (Å²) in [7, 11) is 0. The van der Waals surface area contributed by atoms with E-state index in [1.54, 1.807) is 24.3 Å². The highest BCUT2D eigenvalue weighted by Gasteiger charge is 2.29. The van der Waals surface area contributed by atoms with Gasteiger partial charge in [0.25, 0.3) is 0 Å². The van der Waals surface area contributed by atoms with Crippen LogP contribution in [0.5, 0.6) is 11.5 Å². The SMILES string of the molecule is CC(C)(C)c1cc(C(=O)OCCOCCOCCOC(=O)c2cc(C(C)(C)C)c(O)c(C(C)(C)C)c2)cc(C(C)(C)C)c1O. The van der Waals surface area contributed by atoms with Crippen molar-refractivity contribution in [1.29, 1.82) is 0 Å². The van der Waals surface area contributed by atoms with Gasteiger partial charge in [0.05, 0.1) is 37.6 Å². The predicted molar refractivity (Wildman–Crippen MR) is 173 cm³/mol. The van der Waals surface area contributed by atoms with Crippen LogP contribution in [0, 0.1) is 0 Å². The third kappa shape index (κ3) is 10.2. The number of carbonyl (C=O) groups excluding carboxylic acids is 2. The fourth-order valence-corrected chi connectivity index (χ4v) is 4.67. The number of carbonyl (C=O) groups is 2. The lowest BCUT2D eigenvalue weighted by atomic mass is 9.78. The highest BCUT2D eigenvalue weighted by Crippen LogP contribution is 2.41. The molecule has 0 aliphatic heterocycles. The predicted octanol–water partition coefficient (Wildman–Crippen LogP) is 7.33. The van der Waals surface area contributed by atoms with E-state index in [1.807, 2.05) is 83.1 Å². The Hall–Kier alpha value is -3.10.